The minimum Gasteiger partial charge on any atom is -0.338 e. The third kappa shape index (κ3) is 3.56. The zero-order chi connectivity index (χ0) is 9.68. The van der Waals surface area contributed by atoms with E-state index in [2.05, 4.69) is 24.0 Å². The van der Waals surface area contributed by atoms with E-state index in [9.17, 15) is 0 Å². The van der Waals surface area contributed by atoms with Gasteiger partial charge < -0.3 is 4.52 Å². The van der Waals surface area contributed by atoms with Gasteiger partial charge in [0.15, 0.2) is 5.82 Å². The molecule has 0 spiro atoms. The molecule has 1 rings (SSSR count). The molecule has 1 aromatic heterocycles. The normalized spacial score (nSPS) is 13.2. The third-order valence-electron chi connectivity index (χ3n) is 1.70. The number of alkyl halides is 1. The van der Waals surface area contributed by atoms with Crippen LogP contribution in [0.4, 0.5) is 0 Å². The third-order valence-corrected chi connectivity index (χ3v) is 3.25. The van der Waals surface area contributed by atoms with E-state index in [0.717, 1.165) is 18.0 Å². The lowest BCUT2D eigenvalue weighted by Gasteiger charge is -2.04. The molecule has 74 valence electrons. The summed E-state index contributed by atoms with van der Waals surface area (Å²) < 4.78 is 4.87. The second-order valence-corrected chi connectivity index (χ2v) is 4.46. The highest BCUT2D eigenvalue weighted by atomic mass is 35.5. The fraction of sp³-hybridized carbons (Fsp3) is 0.750. The van der Waals surface area contributed by atoms with Gasteiger partial charge in [-0.1, -0.05) is 19.0 Å². The van der Waals surface area contributed by atoms with Crippen LogP contribution in [0.25, 0.3) is 0 Å². The van der Waals surface area contributed by atoms with Crippen LogP contribution in [0, 0.1) is 0 Å². The number of hydrogen-bond donors (Lipinski definition) is 0. The maximum absolute atomic E-state index is 5.53. The fourth-order valence-electron chi connectivity index (χ4n) is 0.738. The molecular formula is C8H13ClN2OS. The monoisotopic (exact) mass is 220 g/mol. The molecule has 0 amide bonds. The van der Waals surface area contributed by atoms with Crippen molar-refractivity contribution in [2.24, 2.45) is 0 Å². The van der Waals surface area contributed by atoms with E-state index in [1.54, 1.807) is 0 Å². The molecule has 0 saturated heterocycles. The molecule has 0 aliphatic carbocycles. The van der Waals surface area contributed by atoms with Gasteiger partial charge in [-0.05, 0) is 6.42 Å². The van der Waals surface area contributed by atoms with Crippen molar-refractivity contribution in [2.75, 3.05) is 0 Å². The molecule has 1 heterocycles. The molecule has 0 N–H and O–H groups in total. The fourth-order valence-corrected chi connectivity index (χ4v) is 1.63. The lowest BCUT2D eigenvalue weighted by Crippen LogP contribution is -1.94. The molecule has 0 saturated carbocycles. The van der Waals surface area contributed by atoms with Crippen LogP contribution in [0.5, 0.6) is 0 Å². The predicted molar refractivity (Wildman–Crippen MR) is 54.9 cm³/mol. The number of rotatable bonds is 5. The molecule has 5 heteroatoms. The van der Waals surface area contributed by atoms with Crippen molar-refractivity contribution < 1.29 is 4.52 Å². The number of aromatic nitrogens is 2. The molecule has 0 bridgehead atoms. The van der Waals surface area contributed by atoms with Crippen molar-refractivity contribution in [2.45, 2.75) is 37.2 Å². The average Bonchev–Trinajstić information content (AvgIpc) is 2.61. The summed E-state index contributed by atoms with van der Waals surface area (Å²) in [4.78, 5) is 4.10. The highest BCUT2D eigenvalue weighted by Gasteiger charge is 2.06. The molecule has 0 radical (unpaired) electrons. The Balaban J connectivity index is 2.36. The van der Waals surface area contributed by atoms with Gasteiger partial charge in [0.05, 0.1) is 5.75 Å². The Morgan fingerprint density at radius 2 is 2.38 bits per heavy atom. The highest BCUT2D eigenvalue weighted by molar-refractivity contribution is 7.99. The van der Waals surface area contributed by atoms with Crippen LogP contribution in [0.15, 0.2) is 4.52 Å². The Labute approximate surface area is 87.2 Å². The molecule has 0 aromatic carbocycles. The summed E-state index contributed by atoms with van der Waals surface area (Å²) in [5.41, 5.74) is 0. The van der Waals surface area contributed by atoms with E-state index >= 15 is 0 Å². The first-order chi connectivity index (χ1) is 6.26. The van der Waals surface area contributed by atoms with Crippen molar-refractivity contribution in [3.8, 4) is 0 Å². The minimum absolute atomic E-state index is 0.293. The van der Waals surface area contributed by atoms with Crippen molar-refractivity contribution >= 4 is 23.4 Å². The van der Waals surface area contributed by atoms with Gasteiger partial charge in [-0.3, -0.25) is 0 Å². The summed E-state index contributed by atoms with van der Waals surface area (Å²) in [6.07, 6.45) is 1.16. The summed E-state index contributed by atoms with van der Waals surface area (Å²) >= 11 is 7.35. The van der Waals surface area contributed by atoms with E-state index in [-0.39, 0.29) is 0 Å². The second-order valence-electron chi connectivity index (χ2n) is 2.77. The zero-order valence-corrected chi connectivity index (χ0v) is 9.36. The van der Waals surface area contributed by atoms with Gasteiger partial charge in [0.2, 0.25) is 5.89 Å². The van der Waals surface area contributed by atoms with Crippen molar-refractivity contribution in [3.63, 3.8) is 0 Å². The number of hydrogen-bond acceptors (Lipinski definition) is 4. The Bertz CT molecular complexity index is 254. The summed E-state index contributed by atoms with van der Waals surface area (Å²) in [6.45, 7) is 4.35. The first-order valence-electron chi connectivity index (χ1n) is 4.25. The molecular weight excluding hydrogens is 208 g/mol. The van der Waals surface area contributed by atoms with Crippen LogP contribution in [0.3, 0.4) is 0 Å². The van der Waals surface area contributed by atoms with E-state index in [1.807, 2.05) is 11.8 Å². The Hall–Kier alpha value is -0.220. The van der Waals surface area contributed by atoms with Gasteiger partial charge in [-0.15, -0.1) is 11.6 Å². The highest BCUT2D eigenvalue weighted by Crippen LogP contribution is 2.18. The number of nitrogens with zero attached hydrogens (tertiary/aromatic N) is 2. The van der Waals surface area contributed by atoms with Crippen molar-refractivity contribution in [1.82, 2.24) is 10.1 Å². The van der Waals surface area contributed by atoms with Gasteiger partial charge in [0.25, 0.3) is 0 Å². The minimum atomic E-state index is 0.293. The van der Waals surface area contributed by atoms with Gasteiger partial charge in [-0.25, -0.2) is 0 Å². The number of thioether (sulfide) groups is 1. The van der Waals surface area contributed by atoms with Gasteiger partial charge in [-0.2, -0.15) is 16.7 Å². The first-order valence-corrected chi connectivity index (χ1v) is 5.83. The first kappa shape index (κ1) is 10.9. The quantitative estimate of drug-likeness (QED) is 0.716. The van der Waals surface area contributed by atoms with Crippen LogP contribution < -0.4 is 0 Å². The van der Waals surface area contributed by atoms with Gasteiger partial charge >= 0.3 is 0 Å². The Kier molecular flexibility index (Phi) is 4.59. The van der Waals surface area contributed by atoms with Crippen LogP contribution in [0.1, 0.15) is 32.0 Å². The van der Waals surface area contributed by atoms with Crippen molar-refractivity contribution in [3.05, 3.63) is 11.7 Å². The van der Waals surface area contributed by atoms with Gasteiger partial charge in [0.1, 0.15) is 5.88 Å². The lowest BCUT2D eigenvalue weighted by molar-refractivity contribution is 0.386. The summed E-state index contributed by atoms with van der Waals surface area (Å²) in [6, 6.07) is 0. The Morgan fingerprint density at radius 3 is 2.92 bits per heavy atom. The molecule has 1 unspecified atom stereocenters. The van der Waals surface area contributed by atoms with Crippen LogP contribution in [0.2, 0.25) is 0 Å². The molecule has 0 fully saturated rings. The SMILES string of the molecule is CCC(C)SCc1noc(CCl)n1. The molecule has 0 aliphatic rings. The van der Waals surface area contributed by atoms with E-state index < -0.39 is 0 Å². The topological polar surface area (TPSA) is 38.9 Å². The van der Waals surface area contributed by atoms with E-state index in [1.165, 1.54) is 0 Å². The van der Waals surface area contributed by atoms with Crippen molar-refractivity contribution in [1.29, 1.82) is 0 Å². The standard InChI is InChI=1S/C8H13ClN2OS/c1-3-6(2)13-5-7-10-8(4-9)12-11-7/h6H,3-5H2,1-2H3. The predicted octanol–water partition coefficient (Wildman–Crippen LogP) is 2.84. The van der Waals surface area contributed by atoms with Crippen LogP contribution >= 0.6 is 23.4 Å². The lowest BCUT2D eigenvalue weighted by atomic mass is 10.4. The number of halogens is 1. The molecule has 0 aliphatic heterocycles. The maximum Gasteiger partial charge on any atom is 0.241 e. The largest absolute Gasteiger partial charge is 0.338 e. The molecule has 1 atom stereocenters. The maximum atomic E-state index is 5.53. The molecule has 3 nitrogen and oxygen atoms in total. The summed E-state index contributed by atoms with van der Waals surface area (Å²) in [7, 11) is 0. The summed E-state index contributed by atoms with van der Waals surface area (Å²) in [5, 5.41) is 4.44. The van der Waals surface area contributed by atoms with Crippen LogP contribution in [-0.4, -0.2) is 15.4 Å². The van der Waals surface area contributed by atoms with Crippen LogP contribution in [-0.2, 0) is 11.6 Å². The molecule has 13 heavy (non-hydrogen) atoms. The molecule has 1 aromatic rings. The van der Waals surface area contributed by atoms with E-state index in [0.29, 0.717) is 17.0 Å². The van der Waals surface area contributed by atoms with Gasteiger partial charge in [0, 0.05) is 5.25 Å². The summed E-state index contributed by atoms with van der Waals surface area (Å²) in [5.74, 6) is 2.33. The zero-order valence-electron chi connectivity index (χ0n) is 7.79. The van der Waals surface area contributed by atoms with E-state index in [4.69, 9.17) is 16.1 Å². The Morgan fingerprint density at radius 1 is 1.62 bits per heavy atom. The second kappa shape index (κ2) is 5.50. The average molecular weight is 221 g/mol. The smallest absolute Gasteiger partial charge is 0.241 e.